The lowest BCUT2D eigenvalue weighted by molar-refractivity contribution is -0.385. The quantitative estimate of drug-likeness (QED) is 0.0851. The number of fused-ring (bicyclic) bond motifs is 2. The first-order valence-electron chi connectivity index (χ1n) is 11.9. The van der Waals surface area contributed by atoms with Gasteiger partial charge in [-0.15, -0.1) is 0 Å². The summed E-state index contributed by atoms with van der Waals surface area (Å²) in [4.78, 5) is 35.8. The van der Waals surface area contributed by atoms with Gasteiger partial charge in [-0.3, -0.25) is 19.7 Å². The Balaban J connectivity index is 1.39. The maximum atomic E-state index is 12.9. The minimum absolute atomic E-state index is 0.116. The van der Waals surface area contributed by atoms with Crippen molar-refractivity contribution in [2.45, 2.75) is 11.4 Å². The van der Waals surface area contributed by atoms with Gasteiger partial charge in [0.05, 0.1) is 22.2 Å². The van der Waals surface area contributed by atoms with E-state index in [9.17, 15) is 28.1 Å². The second kappa shape index (κ2) is 11.3. The standard InChI is InChI=1S/C28H19BrN4O7S/c29-19-12-13-26(40-41(38,39)21-7-5-6-20(15-21)33(36)37)18(14-19)16-30-31-27(34)17-32-24-10-3-1-8-22(24)28(35)23-9-2-4-11-25(23)32/h1-16H,17H2,(H,31,34)/b30-16-. The van der Waals surface area contributed by atoms with Crippen LogP contribution in [0.25, 0.3) is 21.8 Å². The molecule has 206 valence electrons. The fraction of sp³-hybridized carbons (Fsp3) is 0.0357. The Morgan fingerprint density at radius 2 is 1.63 bits per heavy atom. The highest BCUT2D eigenvalue weighted by molar-refractivity contribution is 9.10. The maximum absolute atomic E-state index is 12.9. The number of non-ortho nitro benzene ring substituents is 1. The molecular formula is C28H19BrN4O7S. The maximum Gasteiger partial charge on any atom is 0.339 e. The molecular weight excluding hydrogens is 616 g/mol. The normalized spacial score (nSPS) is 11.6. The van der Waals surface area contributed by atoms with Crippen LogP contribution in [0.4, 0.5) is 5.69 Å². The van der Waals surface area contributed by atoms with Crippen LogP contribution in [0.1, 0.15) is 5.56 Å². The minimum Gasteiger partial charge on any atom is -0.378 e. The third kappa shape index (κ3) is 5.85. The van der Waals surface area contributed by atoms with Crippen molar-refractivity contribution in [1.29, 1.82) is 0 Å². The number of hydrogen-bond donors (Lipinski definition) is 1. The number of para-hydroxylation sites is 2. The molecule has 0 radical (unpaired) electrons. The number of nitrogens with one attached hydrogen (secondary N) is 1. The van der Waals surface area contributed by atoms with E-state index in [-0.39, 0.29) is 23.3 Å². The van der Waals surface area contributed by atoms with Crippen molar-refractivity contribution in [3.05, 3.63) is 121 Å². The summed E-state index contributed by atoms with van der Waals surface area (Å²) in [6, 6.07) is 22.9. The summed E-state index contributed by atoms with van der Waals surface area (Å²) in [5.41, 5.74) is 3.26. The number of nitrogens with zero attached hydrogens (tertiary/aromatic N) is 3. The van der Waals surface area contributed by atoms with E-state index < -0.39 is 31.5 Å². The molecule has 0 aliphatic rings. The van der Waals surface area contributed by atoms with Gasteiger partial charge in [-0.2, -0.15) is 13.5 Å². The van der Waals surface area contributed by atoms with Crippen LogP contribution in [0.5, 0.6) is 5.75 Å². The van der Waals surface area contributed by atoms with Gasteiger partial charge in [-0.1, -0.05) is 46.3 Å². The number of carbonyl (C=O) groups excluding carboxylic acids is 1. The number of hydrazone groups is 1. The van der Waals surface area contributed by atoms with Crippen LogP contribution < -0.4 is 15.0 Å². The van der Waals surface area contributed by atoms with E-state index in [0.29, 0.717) is 26.3 Å². The average Bonchev–Trinajstić information content (AvgIpc) is 2.96. The lowest BCUT2D eigenvalue weighted by atomic mass is 10.1. The lowest BCUT2D eigenvalue weighted by Gasteiger charge is -2.14. The Morgan fingerprint density at radius 3 is 2.29 bits per heavy atom. The molecule has 0 aliphatic carbocycles. The van der Waals surface area contributed by atoms with Crippen LogP contribution >= 0.6 is 15.9 Å². The summed E-state index contributed by atoms with van der Waals surface area (Å²) in [6.07, 6.45) is 1.21. The number of aromatic nitrogens is 1. The second-order valence-electron chi connectivity index (χ2n) is 8.72. The molecule has 0 atom stereocenters. The molecule has 0 saturated heterocycles. The van der Waals surface area contributed by atoms with E-state index in [1.54, 1.807) is 59.2 Å². The minimum atomic E-state index is -4.43. The van der Waals surface area contributed by atoms with Gasteiger partial charge in [-0.05, 0) is 48.5 Å². The number of carbonyl (C=O) groups is 1. The van der Waals surface area contributed by atoms with Crippen molar-refractivity contribution in [2.75, 3.05) is 0 Å². The molecule has 0 spiro atoms. The predicted molar refractivity (Wildman–Crippen MR) is 157 cm³/mol. The van der Waals surface area contributed by atoms with Crippen molar-refractivity contribution in [1.82, 2.24) is 9.99 Å². The number of hydrogen-bond acceptors (Lipinski definition) is 8. The first-order chi connectivity index (χ1) is 19.6. The van der Waals surface area contributed by atoms with E-state index in [1.165, 1.54) is 36.5 Å². The molecule has 41 heavy (non-hydrogen) atoms. The molecule has 0 unspecified atom stereocenters. The van der Waals surface area contributed by atoms with E-state index in [1.807, 2.05) is 0 Å². The van der Waals surface area contributed by atoms with Crippen molar-refractivity contribution in [3.63, 3.8) is 0 Å². The van der Waals surface area contributed by atoms with Crippen LogP contribution in [0, 0.1) is 10.1 Å². The van der Waals surface area contributed by atoms with Crippen LogP contribution in [0.3, 0.4) is 0 Å². The molecule has 13 heteroatoms. The summed E-state index contributed by atoms with van der Waals surface area (Å²) < 4.78 is 33.2. The Kier molecular flexibility index (Phi) is 7.64. The zero-order valence-corrected chi connectivity index (χ0v) is 23.3. The molecule has 0 bridgehead atoms. The molecule has 0 aliphatic heterocycles. The average molecular weight is 635 g/mol. The number of pyridine rings is 1. The summed E-state index contributed by atoms with van der Waals surface area (Å²) in [5.74, 6) is -0.614. The number of benzene rings is 4. The van der Waals surface area contributed by atoms with E-state index in [0.717, 1.165) is 6.07 Å². The van der Waals surface area contributed by atoms with Crippen LogP contribution in [0.15, 0.2) is 110 Å². The summed E-state index contributed by atoms with van der Waals surface area (Å²) >= 11 is 3.31. The van der Waals surface area contributed by atoms with Crippen molar-refractivity contribution in [2.24, 2.45) is 5.10 Å². The Morgan fingerprint density at radius 1 is 0.976 bits per heavy atom. The molecule has 1 heterocycles. The smallest absolute Gasteiger partial charge is 0.339 e. The van der Waals surface area contributed by atoms with Crippen LogP contribution in [-0.4, -0.2) is 30.0 Å². The third-order valence-electron chi connectivity index (χ3n) is 6.06. The number of amides is 1. The second-order valence-corrected chi connectivity index (χ2v) is 11.2. The highest BCUT2D eigenvalue weighted by Crippen LogP contribution is 2.27. The molecule has 1 amide bonds. The van der Waals surface area contributed by atoms with E-state index in [4.69, 9.17) is 4.18 Å². The molecule has 1 aromatic heterocycles. The van der Waals surface area contributed by atoms with Gasteiger partial charge in [-0.25, -0.2) is 5.43 Å². The van der Waals surface area contributed by atoms with Gasteiger partial charge in [0.1, 0.15) is 11.4 Å². The zero-order valence-electron chi connectivity index (χ0n) is 20.9. The van der Waals surface area contributed by atoms with Crippen molar-refractivity contribution in [3.8, 4) is 5.75 Å². The molecule has 11 nitrogen and oxygen atoms in total. The first kappa shape index (κ1) is 27.7. The Bertz CT molecular complexity index is 1980. The van der Waals surface area contributed by atoms with Gasteiger partial charge < -0.3 is 8.75 Å². The monoisotopic (exact) mass is 634 g/mol. The Labute approximate surface area is 241 Å². The molecule has 0 saturated carbocycles. The van der Waals surface area contributed by atoms with Crippen molar-refractivity contribution >= 4 is 65.7 Å². The van der Waals surface area contributed by atoms with Crippen LogP contribution in [0.2, 0.25) is 0 Å². The van der Waals surface area contributed by atoms with E-state index in [2.05, 4.69) is 26.5 Å². The largest absolute Gasteiger partial charge is 0.378 e. The molecule has 1 N–H and O–H groups in total. The highest BCUT2D eigenvalue weighted by atomic mass is 79.9. The van der Waals surface area contributed by atoms with Crippen molar-refractivity contribution < 1.29 is 22.3 Å². The topological polar surface area (TPSA) is 150 Å². The van der Waals surface area contributed by atoms with Gasteiger partial charge in [0.2, 0.25) is 0 Å². The summed E-state index contributed by atoms with van der Waals surface area (Å²) in [6.45, 7) is -0.151. The van der Waals surface area contributed by atoms with E-state index >= 15 is 0 Å². The highest BCUT2D eigenvalue weighted by Gasteiger charge is 2.21. The lowest BCUT2D eigenvalue weighted by Crippen LogP contribution is -2.25. The molecule has 5 aromatic rings. The number of halogens is 1. The summed E-state index contributed by atoms with van der Waals surface area (Å²) in [7, 11) is -4.43. The van der Waals surface area contributed by atoms with Gasteiger partial charge >= 0.3 is 10.1 Å². The predicted octanol–water partition coefficient (Wildman–Crippen LogP) is 4.74. The first-order valence-corrected chi connectivity index (χ1v) is 14.1. The Hall–Kier alpha value is -4.88. The van der Waals surface area contributed by atoms with Crippen LogP contribution in [-0.2, 0) is 21.5 Å². The third-order valence-corrected chi connectivity index (χ3v) is 7.79. The number of nitro benzene ring substituents is 1. The zero-order chi connectivity index (χ0) is 29.1. The summed E-state index contributed by atoms with van der Waals surface area (Å²) in [5, 5.41) is 16.0. The molecule has 4 aromatic carbocycles. The molecule has 0 fully saturated rings. The SMILES string of the molecule is O=C(Cn1c2ccccc2c(=O)c2ccccc21)N/N=C\c1cc(Br)ccc1OS(=O)(=O)c1cccc([N+](=O)[O-])c1. The van der Waals surface area contributed by atoms with Gasteiger partial charge in [0.15, 0.2) is 11.2 Å². The number of rotatable bonds is 8. The number of nitro groups is 1. The van der Waals surface area contributed by atoms with Gasteiger partial charge in [0, 0.05) is 32.9 Å². The molecule has 5 rings (SSSR count). The fourth-order valence-corrected chi connectivity index (χ4v) is 5.59. The van der Waals surface area contributed by atoms with Gasteiger partial charge in [0.25, 0.3) is 11.6 Å². The fourth-order valence-electron chi connectivity index (χ4n) is 4.21.